The lowest BCUT2D eigenvalue weighted by Gasteiger charge is -2.18. The molecule has 128 valence electrons. The van der Waals surface area contributed by atoms with E-state index < -0.39 is 5.97 Å². The highest BCUT2D eigenvalue weighted by atomic mass is 16.4. The summed E-state index contributed by atoms with van der Waals surface area (Å²) in [7, 11) is 0. The van der Waals surface area contributed by atoms with Gasteiger partial charge in [0, 0.05) is 17.4 Å². The molecule has 0 saturated carbocycles. The molecule has 0 aliphatic rings. The second-order valence-electron chi connectivity index (χ2n) is 5.90. The summed E-state index contributed by atoms with van der Waals surface area (Å²) in [5.74, 6) is -1.04. The third-order valence-electron chi connectivity index (χ3n) is 4.10. The number of fused-ring (bicyclic) bond motifs is 1. The number of carboxylic acid groups (broad SMARTS) is 1. The Morgan fingerprint density at radius 1 is 1.04 bits per heavy atom. The van der Waals surface area contributed by atoms with Crippen LogP contribution in [0.3, 0.4) is 0 Å². The van der Waals surface area contributed by atoms with E-state index in [-0.39, 0.29) is 24.8 Å². The Kier molecular flexibility index (Phi) is 5.14. The van der Waals surface area contributed by atoms with E-state index in [4.69, 9.17) is 9.52 Å². The number of amides is 1. The lowest BCUT2D eigenvalue weighted by molar-refractivity contribution is -0.137. The molecule has 2 aromatic carbocycles. The van der Waals surface area contributed by atoms with Crippen molar-refractivity contribution in [2.24, 2.45) is 0 Å². The van der Waals surface area contributed by atoms with Gasteiger partial charge in [0.05, 0.1) is 18.7 Å². The number of rotatable bonds is 7. The van der Waals surface area contributed by atoms with Crippen molar-refractivity contribution in [3.05, 3.63) is 72.0 Å². The first-order valence-corrected chi connectivity index (χ1v) is 8.14. The molecule has 2 N–H and O–H groups in total. The average molecular weight is 337 g/mol. The first-order valence-electron chi connectivity index (χ1n) is 8.14. The highest BCUT2D eigenvalue weighted by Crippen LogP contribution is 2.22. The van der Waals surface area contributed by atoms with Gasteiger partial charge in [0.15, 0.2) is 0 Å². The van der Waals surface area contributed by atoms with Crippen LogP contribution in [0.4, 0.5) is 0 Å². The van der Waals surface area contributed by atoms with E-state index in [9.17, 15) is 9.59 Å². The number of hydrogen-bond acceptors (Lipinski definition) is 3. The largest absolute Gasteiger partial charge is 0.481 e. The SMILES string of the molecule is O=C(O)CCC(NC(=O)Cc1coc2ccccc12)c1ccccc1. The van der Waals surface area contributed by atoms with Gasteiger partial charge < -0.3 is 14.8 Å². The molecule has 3 rings (SSSR count). The van der Waals surface area contributed by atoms with E-state index in [0.29, 0.717) is 6.42 Å². The number of carbonyl (C=O) groups excluding carboxylic acids is 1. The normalized spacial score (nSPS) is 12.0. The molecule has 3 aromatic rings. The van der Waals surface area contributed by atoms with Crippen molar-refractivity contribution >= 4 is 22.8 Å². The van der Waals surface area contributed by atoms with Gasteiger partial charge in [0.1, 0.15) is 5.58 Å². The number of carbonyl (C=O) groups is 2. The number of aliphatic carboxylic acids is 1. The molecule has 1 aromatic heterocycles. The van der Waals surface area contributed by atoms with Crippen LogP contribution in [-0.4, -0.2) is 17.0 Å². The van der Waals surface area contributed by atoms with Crippen molar-refractivity contribution < 1.29 is 19.1 Å². The molecule has 0 aliphatic heterocycles. The molecular weight excluding hydrogens is 318 g/mol. The summed E-state index contributed by atoms with van der Waals surface area (Å²) in [5, 5.41) is 12.8. The van der Waals surface area contributed by atoms with Gasteiger partial charge in [-0.3, -0.25) is 9.59 Å². The van der Waals surface area contributed by atoms with Crippen LogP contribution >= 0.6 is 0 Å². The third kappa shape index (κ3) is 4.26. The molecule has 0 spiro atoms. The zero-order valence-electron chi connectivity index (χ0n) is 13.6. The van der Waals surface area contributed by atoms with Crippen LogP contribution in [0.25, 0.3) is 11.0 Å². The molecule has 0 bridgehead atoms. The number of nitrogens with one attached hydrogen (secondary N) is 1. The highest BCUT2D eigenvalue weighted by Gasteiger charge is 2.17. The Bertz CT molecular complexity index is 870. The summed E-state index contributed by atoms with van der Waals surface area (Å²) in [5.41, 5.74) is 2.46. The Hall–Kier alpha value is -3.08. The molecule has 0 saturated heterocycles. The molecular formula is C20H19NO4. The number of hydrogen-bond donors (Lipinski definition) is 2. The van der Waals surface area contributed by atoms with Crippen LogP contribution in [0.1, 0.15) is 30.0 Å². The first kappa shape index (κ1) is 16.8. The molecule has 5 nitrogen and oxygen atoms in total. The zero-order valence-corrected chi connectivity index (χ0v) is 13.6. The molecule has 0 aliphatic carbocycles. The van der Waals surface area contributed by atoms with Gasteiger partial charge in [0.25, 0.3) is 0 Å². The molecule has 1 amide bonds. The molecule has 1 heterocycles. The summed E-state index contributed by atoms with van der Waals surface area (Å²) < 4.78 is 5.46. The molecule has 0 fully saturated rings. The Morgan fingerprint density at radius 3 is 2.52 bits per heavy atom. The smallest absolute Gasteiger partial charge is 0.303 e. The van der Waals surface area contributed by atoms with Crippen LogP contribution in [0.15, 0.2) is 65.3 Å². The van der Waals surface area contributed by atoms with E-state index in [1.807, 2.05) is 54.6 Å². The monoisotopic (exact) mass is 337 g/mol. The first-order chi connectivity index (χ1) is 12.1. The predicted molar refractivity (Wildman–Crippen MR) is 94.1 cm³/mol. The summed E-state index contributed by atoms with van der Waals surface area (Å²) >= 11 is 0. The summed E-state index contributed by atoms with van der Waals surface area (Å²) in [6.45, 7) is 0. The minimum absolute atomic E-state index is 0.00547. The van der Waals surface area contributed by atoms with Gasteiger partial charge in [0.2, 0.25) is 5.91 Å². The van der Waals surface area contributed by atoms with Crippen molar-refractivity contribution in [2.45, 2.75) is 25.3 Å². The standard InChI is InChI=1S/C20H19NO4/c22-19(12-15-13-25-18-9-5-4-8-16(15)18)21-17(10-11-20(23)24)14-6-2-1-3-7-14/h1-9,13,17H,10-12H2,(H,21,22)(H,23,24). The van der Waals surface area contributed by atoms with Crippen molar-refractivity contribution in [2.75, 3.05) is 0 Å². The third-order valence-corrected chi connectivity index (χ3v) is 4.10. The Morgan fingerprint density at radius 2 is 1.76 bits per heavy atom. The van der Waals surface area contributed by atoms with E-state index in [0.717, 1.165) is 22.1 Å². The van der Waals surface area contributed by atoms with E-state index in [1.54, 1.807) is 6.26 Å². The van der Waals surface area contributed by atoms with Crippen molar-refractivity contribution in [1.29, 1.82) is 0 Å². The van der Waals surface area contributed by atoms with Crippen LogP contribution in [0.5, 0.6) is 0 Å². The fourth-order valence-corrected chi connectivity index (χ4v) is 2.86. The zero-order chi connectivity index (χ0) is 17.6. The van der Waals surface area contributed by atoms with Gasteiger partial charge in [-0.15, -0.1) is 0 Å². The number of para-hydroxylation sites is 1. The van der Waals surface area contributed by atoms with Crippen LogP contribution in [0.2, 0.25) is 0 Å². The fraction of sp³-hybridized carbons (Fsp3) is 0.200. The lowest BCUT2D eigenvalue weighted by atomic mass is 10.0. The van der Waals surface area contributed by atoms with E-state index >= 15 is 0 Å². The van der Waals surface area contributed by atoms with Crippen molar-refractivity contribution in [3.8, 4) is 0 Å². The number of carboxylic acids is 1. The number of benzene rings is 2. The van der Waals surface area contributed by atoms with Crippen molar-refractivity contribution in [1.82, 2.24) is 5.32 Å². The quantitative estimate of drug-likeness (QED) is 0.689. The maximum absolute atomic E-state index is 12.5. The summed E-state index contributed by atoms with van der Waals surface area (Å²) in [6, 6.07) is 16.6. The van der Waals surface area contributed by atoms with Gasteiger partial charge >= 0.3 is 5.97 Å². The topological polar surface area (TPSA) is 79.5 Å². The minimum atomic E-state index is -0.879. The maximum atomic E-state index is 12.5. The van der Waals surface area contributed by atoms with Gasteiger partial charge in [-0.05, 0) is 18.1 Å². The molecule has 0 radical (unpaired) electrons. The summed E-state index contributed by atoms with van der Waals surface area (Å²) in [4.78, 5) is 23.4. The average Bonchev–Trinajstić information content (AvgIpc) is 3.02. The van der Waals surface area contributed by atoms with Gasteiger partial charge in [-0.1, -0.05) is 48.5 Å². The number of furan rings is 1. The molecule has 1 atom stereocenters. The Labute approximate surface area is 145 Å². The molecule has 25 heavy (non-hydrogen) atoms. The van der Waals surface area contributed by atoms with E-state index in [2.05, 4.69) is 5.32 Å². The second-order valence-corrected chi connectivity index (χ2v) is 5.90. The fourth-order valence-electron chi connectivity index (χ4n) is 2.86. The van der Waals surface area contributed by atoms with Crippen molar-refractivity contribution in [3.63, 3.8) is 0 Å². The van der Waals surface area contributed by atoms with Crippen LogP contribution in [0, 0.1) is 0 Å². The highest BCUT2D eigenvalue weighted by molar-refractivity contribution is 5.87. The lowest BCUT2D eigenvalue weighted by Crippen LogP contribution is -2.30. The molecule has 1 unspecified atom stereocenters. The molecule has 5 heteroatoms. The predicted octanol–water partition coefficient (Wildman–Crippen LogP) is 3.70. The van der Waals surface area contributed by atoms with Crippen LogP contribution < -0.4 is 5.32 Å². The maximum Gasteiger partial charge on any atom is 0.303 e. The minimum Gasteiger partial charge on any atom is -0.481 e. The Balaban J connectivity index is 1.72. The van der Waals surface area contributed by atoms with Gasteiger partial charge in [-0.2, -0.15) is 0 Å². The van der Waals surface area contributed by atoms with Gasteiger partial charge in [-0.25, -0.2) is 0 Å². The summed E-state index contributed by atoms with van der Waals surface area (Å²) in [6.07, 6.45) is 2.12. The van der Waals surface area contributed by atoms with E-state index in [1.165, 1.54) is 0 Å². The second kappa shape index (κ2) is 7.66. The van der Waals surface area contributed by atoms with Crippen LogP contribution in [-0.2, 0) is 16.0 Å².